The molecule has 1 saturated heterocycles. The van der Waals surface area contributed by atoms with Crippen LogP contribution in [-0.4, -0.2) is 32.8 Å². The molecule has 6 heteroatoms. The zero-order chi connectivity index (χ0) is 13.9. The molecule has 1 N–H and O–H groups in total. The SMILES string of the molecule is Cc1cnccc1Sc1nnc(C2CCNCC2)n1C. The Bertz CT molecular complexity index is 589. The summed E-state index contributed by atoms with van der Waals surface area (Å²) in [6.07, 6.45) is 5.99. The summed E-state index contributed by atoms with van der Waals surface area (Å²) in [6, 6.07) is 2.03. The average Bonchev–Trinajstić information content (AvgIpc) is 2.84. The van der Waals surface area contributed by atoms with E-state index in [0.29, 0.717) is 5.92 Å². The Kier molecular flexibility index (Phi) is 4.03. The lowest BCUT2D eigenvalue weighted by molar-refractivity contribution is 0.434. The third-order valence-corrected chi connectivity index (χ3v) is 4.96. The molecule has 5 nitrogen and oxygen atoms in total. The van der Waals surface area contributed by atoms with E-state index in [2.05, 4.69) is 39.0 Å². The average molecular weight is 289 g/mol. The number of hydrogen-bond acceptors (Lipinski definition) is 5. The molecule has 2 aromatic rings. The summed E-state index contributed by atoms with van der Waals surface area (Å²) in [6.45, 7) is 4.21. The lowest BCUT2D eigenvalue weighted by Gasteiger charge is -2.21. The van der Waals surface area contributed by atoms with Gasteiger partial charge in [-0.05, 0) is 56.2 Å². The highest BCUT2D eigenvalue weighted by atomic mass is 32.2. The number of piperidine rings is 1. The molecule has 0 aromatic carbocycles. The molecule has 0 atom stereocenters. The van der Waals surface area contributed by atoms with Crippen LogP contribution in [0.2, 0.25) is 0 Å². The van der Waals surface area contributed by atoms with Crippen LogP contribution in [0, 0.1) is 6.92 Å². The largest absolute Gasteiger partial charge is 0.317 e. The Morgan fingerprint density at radius 1 is 1.30 bits per heavy atom. The summed E-state index contributed by atoms with van der Waals surface area (Å²) < 4.78 is 2.14. The number of nitrogens with one attached hydrogen (secondary N) is 1. The van der Waals surface area contributed by atoms with Gasteiger partial charge in [-0.1, -0.05) is 0 Å². The van der Waals surface area contributed by atoms with E-state index in [1.165, 1.54) is 10.5 Å². The molecule has 1 fully saturated rings. The van der Waals surface area contributed by atoms with Crippen molar-refractivity contribution in [1.82, 2.24) is 25.1 Å². The molecule has 1 aliphatic rings. The molecule has 0 unspecified atom stereocenters. The molecule has 3 rings (SSSR count). The smallest absolute Gasteiger partial charge is 0.195 e. The predicted molar refractivity (Wildman–Crippen MR) is 78.9 cm³/mol. The van der Waals surface area contributed by atoms with Crippen LogP contribution < -0.4 is 5.32 Å². The minimum Gasteiger partial charge on any atom is -0.317 e. The Balaban J connectivity index is 1.81. The molecular weight excluding hydrogens is 270 g/mol. The Morgan fingerprint density at radius 3 is 2.85 bits per heavy atom. The van der Waals surface area contributed by atoms with Gasteiger partial charge in [0.15, 0.2) is 5.16 Å². The van der Waals surface area contributed by atoms with Gasteiger partial charge in [0.1, 0.15) is 5.82 Å². The maximum absolute atomic E-state index is 4.41. The normalized spacial score (nSPS) is 16.5. The monoisotopic (exact) mass is 289 g/mol. The molecule has 0 spiro atoms. The second-order valence-corrected chi connectivity index (χ2v) is 6.18. The number of hydrogen-bond donors (Lipinski definition) is 1. The van der Waals surface area contributed by atoms with E-state index < -0.39 is 0 Å². The minimum atomic E-state index is 0.529. The summed E-state index contributed by atoms with van der Waals surface area (Å²) in [5.74, 6) is 1.64. The highest BCUT2D eigenvalue weighted by Gasteiger charge is 2.22. The van der Waals surface area contributed by atoms with E-state index in [4.69, 9.17) is 0 Å². The predicted octanol–water partition coefficient (Wildman–Crippen LogP) is 2.14. The first-order valence-electron chi connectivity index (χ1n) is 6.94. The first-order valence-corrected chi connectivity index (χ1v) is 7.76. The number of aromatic nitrogens is 4. The van der Waals surface area contributed by atoms with Crippen molar-refractivity contribution in [3.63, 3.8) is 0 Å². The van der Waals surface area contributed by atoms with E-state index in [9.17, 15) is 0 Å². The molecule has 0 saturated carbocycles. The molecule has 2 aromatic heterocycles. The molecule has 106 valence electrons. The first-order chi connectivity index (χ1) is 9.75. The molecule has 0 bridgehead atoms. The van der Waals surface area contributed by atoms with Gasteiger partial charge in [0, 0.05) is 30.3 Å². The highest BCUT2D eigenvalue weighted by molar-refractivity contribution is 7.99. The standard InChI is InChI=1S/C14H19N5S/c1-10-9-16-8-5-12(10)20-14-18-17-13(19(14)2)11-3-6-15-7-4-11/h5,8-9,11,15H,3-4,6-7H2,1-2H3. The molecule has 20 heavy (non-hydrogen) atoms. The number of nitrogens with zero attached hydrogens (tertiary/aromatic N) is 4. The Hall–Kier alpha value is -1.40. The summed E-state index contributed by atoms with van der Waals surface area (Å²) in [4.78, 5) is 5.31. The molecular formula is C14H19N5S. The van der Waals surface area contributed by atoms with Crippen LogP contribution in [0.3, 0.4) is 0 Å². The summed E-state index contributed by atoms with van der Waals surface area (Å²) in [7, 11) is 2.07. The van der Waals surface area contributed by atoms with E-state index in [1.54, 1.807) is 11.8 Å². The van der Waals surface area contributed by atoms with E-state index in [0.717, 1.165) is 36.9 Å². The fourth-order valence-electron chi connectivity index (χ4n) is 2.52. The number of rotatable bonds is 3. The quantitative estimate of drug-likeness (QED) is 0.938. The minimum absolute atomic E-state index is 0.529. The van der Waals surface area contributed by atoms with Crippen LogP contribution >= 0.6 is 11.8 Å². The third kappa shape index (κ3) is 2.71. The van der Waals surface area contributed by atoms with Crippen molar-refractivity contribution in [3.05, 3.63) is 29.8 Å². The van der Waals surface area contributed by atoms with Crippen molar-refractivity contribution in [1.29, 1.82) is 0 Å². The lowest BCUT2D eigenvalue weighted by atomic mass is 9.97. The fourth-order valence-corrected chi connectivity index (χ4v) is 3.38. The van der Waals surface area contributed by atoms with Gasteiger partial charge in [0.2, 0.25) is 0 Å². The number of pyridine rings is 1. The van der Waals surface area contributed by atoms with Crippen LogP contribution in [-0.2, 0) is 7.05 Å². The number of aryl methyl sites for hydroxylation is 1. The van der Waals surface area contributed by atoms with Gasteiger partial charge in [-0.3, -0.25) is 4.98 Å². The van der Waals surface area contributed by atoms with Gasteiger partial charge in [0.05, 0.1) is 0 Å². The van der Waals surface area contributed by atoms with Crippen molar-refractivity contribution >= 4 is 11.8 Å². The second-order valence-electron chi connectivity index (χ2n) is 5.17. The summed E-state index contributed by atoms with van der Waals surface area (Å²) in [5.41, 5.74) is 1.17. The van der Waals surface area contributed by atoms with E-state index in [-0.39, 0.29) is 0 Å². The molecule has 0 aliphatic carbocycles. The zero-order valence-electron chi connectivity index (χ0n) is 11.8. The van der Waals surface area contributed by atoms with Crippen molar-refractivity contribution < 1.29 is 0 Å². The molecule has 3 heterocycles. The van der Waals surface area contributed by atoms with E-state index in [1.807, 2.05) is 18.5 Å². The van der Waals surface area contributed by atoms with Crippen LogP contribution in [0.25, 0.3) is 0 Å². The van der Waals surface area contributed by atoms with Gasteiger partial charge in [-0.25, -0.2) is 0 Å². The highest BCUT2D eigenvalue weighted by Crippen LogP contribution is 2.31. The summed E-state index contributed by atoms with van der Waals surface area (Å²) >= 11 is 1.66. The van der Waals surface area contributed by atoms with Crippen molar-refractivity contribution in [2.24, 2.45) is 7.05 Å². The van der Waals surface area contributed by atoms with Crippen molar-refractivity contribution in [2.45, 2.75) is 35.7 Å². The lowest BCUT2D eigenvalue weighted by Crippen LogP contribution is -2.27. The van der Waals surface area contributed by atoms with Crippen molar-refractivity contribution in [3.8, 4) is 0 Å². The van der Waals surface area contributed by atoms with Gasteiger partial charge in [-0.2, -0.15) is 0 Å². The van der Waals surface area contributed by atoms with Gasteiger partial charge in [0.25, 0.3) is 0 Å². The van der Waals surface area contributed by atoms with E-state index >= 15 is 0 Å². The Morgan fingerprint density at radius 2 is 2.10 bits per heavy atom. The maximum atomic E-state index is 4.41. The fraction of sp³-hybridized carbons (Fsp3) is 0.500. The van der Waals surface area contributed by atoms with Crippen LogP contribution in [0.1, 0.15) is 30.1 Å². The van der Waals surface area contributed by atoms with Crippen molar-refractivity contribution in [2.75, 3.05) is 13.1 Å². The van der Waals surface area contributed by atoms with Crippen LogP contribution in [0.15, 0.2) is 28.5 Å². The van der Waals surface area contributed by atoms with Crippen LogP contribution in [0.5, 0.6) is 0 Å². The summed E-state index contributed by atoms with van der Waals surface area (Å²) in [5, 5.41) is 13.1. The van der Waals surface area contributed by atoms with Crippen LogP contribution in [0.4, 0.5) is 0 Å². The maximum Gasteiger partial charge on any atom is 0.195 e. The first kappa shape index (κ1) is 13.6. The molecule has 0 radical (unpaired) electrons. The topological polar surface area (TPSA) is 55.6 Å². The second kappa shape index (κ2) is 5.93. The third-order valence-electron chi connectivity index (χ3n) is 3.74. The Labute approximate surface area is 123 Å². The molecule has 1 aliphatic heterocycles. The van der Waals surface area contributed by atoms with Gasteiger partial charge in [-0.15, -0.1) is 10.2 Å². The van der Waals surface area contributed by atoms with Gasteiger partial charge < -0.3 is 9.88 Å². The zero-order valence-corrected chi connectivity index (χ0v) is 12.7. The van der Waals surface area contributed by atoms with Gasteiger partial charge >= 0.3 is 0 Å². The molecule has 0 amide bonds.